The predicted molar refractivity (Wildman–Crippen MR) is 50.7 cm³/mol. The number of thiophene rings is 1. The molecule has 2 nitrogen and oxygen atoms in total. The van der Waals surface area contributed by atoms with Crippen molar-refractivity contribution in [1.82, 2.24) is 0 Å². The molecule has 4 heteroatoms. The summed E-state index contributed by atoms with van der Waals surface area (Å²) in [6.45, 7) is 3.44. The summed E-state index contributed by atoms with van der Waals surface area (Å²) in [7, 11) is -2.16. The van der Waals surface area contributed by atoms with E-state index in [9.17, 15) is 4.57 Å². The zero-order valence-corrected chi connectivity index (χ0v) is 8.36. The Labute approximate surface area is 70.8 Å². The second-order valence-electron chi connectivity index (χ2n) is 2.89. The van der Waals surface area contributed by atoms with E-state index in [4.69, 9.17) is 5.73 Å². The minimum atomic E-state index is -2.16. The van der Waals surface area contributed by atoms with Crippen LogP contribution in [0.4, 0.5) is 0 Å². The van der Waals surface area contributed by atoms with E-state index < -0.39 is 7.14 Å². The van der Waals surface area contributed by atoms with E-state index in [2.05, 4.69) is 0 Å². The zero-order valence-electron chi connectivity index (χ0n) is 6.65. The summed E-state index contributed by atoms with van der Waals surface area (Å²) in [5.74, 6) is -0.275. The third-order valence-electron chi connectivity index (χ3n) is 1.50. The molecule has 11 heavy (non-hydrogen) atoms. The van der Waals surface area contributed by atoms with Crippen LogP contribution in [-0.4, -0.2) is 13.3 Å². The van der Waals surface area contributed by atoms with Crippen molar-refractivity contribution >= 4 is 18.5 Å². The van der Waals surface area contributed by atoms with E-state index in [0.29, 0.717) is 0 Å². The lowest BCUT2D eigenvalue weighted by molar-refractivity contribution is 0.575. The monoisotopic (exact) mass is 189 g/mol. The fraction of sp³-hybridized carbons (Fsp3) is 0.429. The van der Waals surface area contributed by atoms with E-state index in [0.717, 1.165) is 4.88 Å². The molecule has 0 spiro atoms. The Hall–Kier alpha value is -0.110. The van der Waals surface area contributed by atoms with Gasteiger partial charge in [-0.1, -0.05) is 6.07 Å². The first-order chi connectivity index (χ1) is 5.02. The van der Waals surface area contributed by atoms with Crippen LogP contribution in [0.2, 0.25) is 0 Å². The van der Waals surface area contributed by atoms with Crippen LogP contribution in [0.25, 0.3) is 0 Å². The summed E-state index contributed by atoms with van der Waals surface area (Å²) >= 11 is 1.56. The molecule has 0 saturated heterocycles. The Balaban J connectivity index is 2.87. The molecule has 1 aromatic heterocycles. The zero-order chi connectivity index (χ0) is 8.48. The average Bonchev–Trinajstić information content (AvgIpc) is 2.34. The number of hydrogen-bond acceptors (Lipinski definition) is 3. The highest BCUT2D eigenvalue weighted by atomic mass is 32.1. The van der Waals surface area contributed by atoms with Crippen molar-refractivity contribution in [3.05, 3.63) is 22.4 Å². The first kappa shape index (κ1) is 8.98. The molecule has 1 rings (SSSR count). The van der Waals surface area contributed by atoms with Crippen LogP contribution in [0.5, 0.6) is 0 Å². The average molecular weight is 189 g/mol. The smallest absolute Gasteiger partial charge is 0.103 e. The van der Waals surface area contributed by atoms with Gasteiger partial charge in [0.2, 0.25) is 0 Å². The molecule has 1 aromatic rings. The summed E-state index contributed by atoms with van der Waals surface area (Å²) in [4.78, 5) is 1.01. The largest absolute Gasteiger partial charge is 0.322 e. The molecule has 0 fully saturated rings. The summed E-state index contributed by atoms with van der Waals surface area (Å²) in [6.07, 6.45) is 0. The Bertz CT molecular complexity index is 264. The molecule has 0 aliphatic rings. The molecule has 0 aliphatic heterocycles. The van der Waals surface area contributed by atoms with Crippen LogP contribution in [0.1, 0.15) is 10.7 Å². The van der Waals surface area contributed by atoms with Gasteiger partial charge in [0.15, 0.2) is 0 Å². The molecule has 0 unspecified atom stereocenters. The van der Waals surface area contributed by atoms with Crippen LogP contribution in [-0.2, 0) is 4.57 Å². The fourth-order valence-corrected chi connectivity index (χ4v) is 3.02. The van der Waals surface area contributed by atoms with Crippen molar-refractivity contribution in [3.63, 3.8) is 0 Å². The van der Waals surface area contributed by atoms with Gasteiger partial charge in [-0.05, 0) is 24.8 Å². The van der Waals surface area contributed by atoms with E-state index >= 15 is 0 Å². The molecule has 62 valence electrons. The van der Waals surface area contributed by atoms with Gasteiger partial charge in [0, 0.05) is 4.88 Å². The third-order valence-corrected chi connectivity index (χ3v) is 4.25. The van der Waals surface area contributed by atoms with Crippen molar-refractivity contribution in [2.45, 2.75) is 5.78 Å². The van der Waals surface area contributed by atoms with Gasteiger partial charge in [0.25, 0.3) is 0 Å². The molecule has 0 radical (unpaired) electrons. The molecule has 0 aliphatic carbocycles. The minimum absolute atomic E-state index is 0.275. The lowest BCUT2D eigenvalue weighted by Crippen LogP contribution is -2.07. The van der Waals surface area contributed by atoms with Crippen molar-refractivity contribution in [2.75, 3.05) is 13.3 Å². The fourth-order valence-electron chi connectivity index (χ4n) is 0.766. The van der Waals surface area contributed by atoms with Crippen LogP contribution in [0.15, 0.2) is 17.5 Å². The normalized spacial score (nSPS) is 14.8. The predicted octanol–water partition coefficient (Wildman–Crippen LogP) is 2.33. The van der Waals surface area contributed by atoms with Gasteiger partial charge < -0.3 is 10.3 Å². The number of hydrogen-bond donors (Lipinski definition) is 1. The summed E-state index contributed by atoms with van der Waals surface area (Å²) in [5, 5.41) is 1.95. The maximum atomic E-state index is 11.5. The molecule has 0 bridgehead atoms. The highest BCUT2D eigenvalue weighted by molar-refractivity contribution is 7.62. The summed E-state index contributed by atoms with van der Waals surface area (Å²) in [6, 6.07) is 3.85. The van der Waals surface area contributed by atoms with Gasteiger partial charge >= 0.3 is 0 Å². The van der Waals surface area contributed by atoms with Gasteiger partial charge in [-0.25, -0.2) is 0 Å². The highest BCUT2D eigenvalue weighted by Crippen LogP contribution is 2.50. The van der Waals surface area contributed by atoms with Gasteiger partial charge in [0.1, 0.15) is 7.14 Å². The molecular weight excluding hydrogens is 177 g/mol. The Kier molecular flexibility index (Phi) is 2.53. The van der Waals surface area contributed by atoms with Crippen LogP contribution < -0.4 is 5.73 Å². The Morgan fingerprint density at radius 1 is 1.64 bits per heavy atom. The van der Waals surface area contributed by atoms with Gasteiger partial charge in [-0.15, -0.1) is 11.3 Å². The van der Waals surface area contributed by atoms with E-state index in [1.807, 2.05) is 17.5 Å². The molecule has 0 saturated carbocycles. The van der Waals surface area contributed by atoms with E-state index in [1.165, 1.54) is 0 Å². The molecular formula is C7H12NOPS. The van der Waals surface area contributed by atoms with Crippen molar-refractivity contribution in [1.29, 1.82) is 0 Å². The second kappa shape index (κ2) is 3.10. The molecule has 0 aromatic carbocycles. The highest BCUT2D eigenvalue weighted by Gasteiger charge is 2.20. The van der Waals surface area contributed by atoms with Crippen molar-refractivity contribution < 1.29 is 4.57 Å². The standard InChI is InChI=1S/C7H12NOPS/c1-10(2,9)7(8)6-4-3-5-11-6/h3-5,7H,8H2,1-2H3/t7-/m1/s1. The second-order valence-corrected chi connectivity index (χ2v) is 7.30. The summed E-state index contributed by atoms with van der Waals surface area (Å²) in [5.41, 5.74) is 5.76. The number of nitrogens with two attached hydrogens (primary N) is 1. The van der Waals surface area contributed by atoms with Crippen molar-refractivity contribution in [2.24, 2.45) is 5.73 Å². The number of rotatable bonds is 2. The lowest BCUT2D eigenvalue weighted by Gasteiger charge is -2.13. The lowest BCUT2D eigenvalue weighted by atomic mass is 10.5. The van der Waals surface area contributed by atoms with E-state index in [1.54, 1.807) is 24.7 Å². The molecule has 1 heterocycles. The Morgan fingerprint density at radius 2 is 2.27 bits per heavy atom. The minimum Gasteiger partial charge on any atom is -0.322 e. The topological polar surface area (TPSA) is 43.1 Å². The molecule has 0 amide bonds. The third kappa shape index (κ3) is 2.16. The quantitative estimate of drug-likeness (QED) is 0.725. The Morgan fingerprint density at radius 3 is 2.64 bits per heavy atom. The van der Waals surface area contributed by atoms with Gasteiger partial charge in [-0.3, -0.25) is 0 Å². The first-order valence-electron chi connectivity index (χ1n) is 3.35. The molecule has 1 atom stereocenters. The van der Waals surface area contributed by atoms with Gasteiger partial charge in [-0.2, -0.15) is 0 Å². The SMILES string of the molecule is CP(C)(=O)[C@@H](N)c1cccs1. The van der Waals surface area contributed by atoms with Crippen LogP contribution in [0, 0.1) is 0 Å². The van der Waals surface area contributed by atoms with Crippen LogP contribution in [0.3, 0.4) is 0 Å². The first-order valence-corrected chi connectivity index (χ1v) is 6.90. The van der Waals surface area contributed by atoms with Crippen molar-refractivity contribution in [3.8, 4) is 0 Å². The molecule has 2 N–H and O–H groups in total. The summed E-state index contributed by atoms with van der Waals surface area (Å²) < 4.78 is 11.5. The van der Waals surface area contributed by atoms with E-state index in [-0.39, 0.29) is 5.78 Å². The van der Waals surface area contributed by atoms with Gasteiger partial charge in [0.05, 0.1) is 5.78 Å². The maximum absolute atomic E-state index is 11.5. The van der Waals surface area contributed by atoms with Crippen LogP contribution >= 0.6 is 18.5 Å². The maximum Gasteiger partial charge on any atom is 0.103 e.